The van der Waals surface area contributed by atoms with Crippen molar-refractivity contribution >= 4 is 33.2 Å². The highest BCUT2D eigenvalue weighted by atomic mass is 32.2. The molecule has 2 unspecified atom stereocenters. The van der Waals surface area contributed by atoms with Gasteiger partial charge in [0.25, 0.3) is 5.91 Å². The molecule has 0 radical (unpaired) electrons. The Bertz CT molecular complexity index is 1010. The predicted octanol–water partition coefficient (Wildman–Crippen LogP) is 1.41. The van der Waals surface area contributed by atoms with E-state index in [-0.39, 0.29) is 41.8 Å². The van der Waals surface area contributed by atoms with Crippen LogP contribution in [0.2, 0.25) is 0 Å². The molecular formula is C21H27N3O5S. The molecule has 2 saturated heterocycles. The number of rotatable bonds is 5. The van der Waals surface area contributed by atoms with Crippen molar-refractivity contribution in [3.63, 3.8) is 0 Å². The van der Waals surface area contributed by atoms with Gasteiger partial charge < -0.3 is 9.80 Å². The smallest absolute Gasteiger partial charge is 0.258 e. The number of hydrogen-bond donors (Lipinski definition) is 0. The van der Waals surface area contributed by atoms with Crippen molar-refractivity contribution in [3.05, 3.63) is 29.8 Å². The zero-order valence-corrected chi connectivity index (χ0v) is 18.2. The quantitative estimate of drug-likeness (QED) is 0.700. The lowest BCUT2D eigenvalue weighted by Crippen LogP contribution is -2.64. The first-order chi connectivity index (χ1) is 14.2. The Balaban J connectivity index is 1.65. The zero-order chi connectivity index (χ0) is 21.7. The molecule has 1 aromatic carbocycles. The Kier molecular flexibility index (Phi) is 5.12. The maximum Gasteiger partial charge on any atom is 0.258 e. The topological polar surface area (TPSA) is 95.1 Å². The Hall–Kier alpha value is -2.42. The molecule has 0 N–H and O–H groups in total. The molecule has 9 heteroatoms. The Morgan fingerprint density at radius 2 is 2.00 bits per heavy atom. The minimum atomic E-state index is -3.14. The fourth-order valence-electron chi connectivity index (χ4n) is 4.94. The number of fused-ring (bicyclic) bond motifs is 3. The lowest BCUT2D eigenvalue weighted by atomic mass is 9.98. The zero-order valence-electron chi connectivity index (χ0n) is 17.3. The molecule has 3 aliphatic heterocycles. The summed E-state index contributed by atoms with van der Waals surface area (Å²) in [6, 6.07) is 6.62. The van der Waals surface area contributed by atoms with Crippen molar-refractivity contribution in [2.75, 3.05) is 29.5 Å². The van der Waals surface area contributed by atoms with Gasteiger partial charge in [-0.3, -0.25) is 19.3 Å². The number of carbonyl (C=O) groups is 3. The summed E-state index contributed by atoms with van der Waals surface area (Å²) in [5.41, 5.74) is 0.0877. The summed E-state index contributed by atoms with van der Waals surface area (Å²) in [4.78, 5) is 44.0. The van der Waals surface area contributed by atoms with Crippen molar-refractivity contribution in [2.45, 2.75) is 51.2 Å². The van der Waals surface area contributed by atoms with Crippen LogP contribution in [0, 0.1) is 0 Å². The second-order valence-electron chi connectivity index (χ2n) is 8.50. The number of carbonyl (C=O) groups excluding carboxylic acids is 3. The number of sulfone groups is 1. The maximum absolute atomic E-state index is 13.3. The minimum Gasteiger partial charge on any atom is -0.337 e. The number of amides is 3. The number of hydrogen-bond acceptors (Lipinski definition) is 5. The lowest BCUT2D eigenvalue weighted by Gasteiger charge is -2.48. The van der Waals surface area contributed by atoms with E-state index >= 15 is 0 Å². The summed E-state index contributed by atoms with van der Waals surface area (Å²) in [5, 5.41) is 0. The molecule has 3 heterocycles. The largest absolute Gasteiger partial charge is 0.337 e. The van der Waals surface area contributed by atoms with E-state index in [4.69, 9.17) is 0 Å². The maximum atomic E-state index is 13.3. The van der Waals surface area contributed by atoms with E-state index in [2.05, 4.69) is 0 Å². The molecular weight excluding hydrogens is 406 g/mol. The van der Waals surface area contributed by atoms with Crippen molar-refractivity contribution in [3.8, 4) is 0 Å². The summed E-state index contributed by atoms with van der Waals surface area (Å²) in [6.45, 7) is 4.02. The molecule has 1 aromatic rings. The van der Waals surface area contributed by atoms with E-state index in [1.54, 1.807) is 34.1 Å². The van der Waals surface area contributed by atoms with Gasteiger partial charge in [-0.05, 0) is 38.3 Å². The molecule has 0 bridgehead atoms. The second kappa shape index (κ2) is 7.37. The second-order valence-corrected chi connectivity index (χ2v) is 10.7. The Morgan fingerprint density at radius 3 is 2.67 bits per heavy atom. The predicted molar refractivity (Wildman–Crippen MR) is 112 cm³/mol. The Labute approximate surface area is 176 Å². The van der Waals surface area contributed by atoms with Gasteiger partial charge >= 0.3 is 0 Å². The van der Waals surface area contributed by atoms with E-state index in [1.165, 1.54) is 4.90 Å². The molecule has 0 saturated carbocycles. The average molecular weight is 434 g/mol. The van der Waals surface area contributed by atoms with Crippen LogP contribution in [0.3, 0.4) is 0 Å². The van der Waals surface area contributed by atoms with E-state index in [0.29, 0.717) is 43.5 Å². The summed E-state index contributed by atoms with van der Waals surface area (Å²) in [6.07, 6.45) is 1.88. The van der Waals surface area contributed by atoms with E-state index in [9.17, 15) is 22.8 Å². The molecule has 4 rings (SSSR count). The monoisotopic (exact) mass is 433 g/mol. The van der Waals surface area contributed by atoms with Gasteiger partial charge in [-0.15, -0.1) is 0 Å². The van der Waals surface area contributed by atoms with Gasteiger partial charge in [-0.1, -0.05) is 19.1 Å². The number of benzene rings is 1. The Morgan fingerprint density at radius 1 is 1.27 bits per heavy atom. The fourth-order valence-corrected chi connectivity index (χ4v) is 6.67. The van der Waals surface area contributed by atoms with E-state index in [0.717, 1.165) is 0 Å². The SMILES string of the molecule is CCCN(C(=O)CN1C(=O)c2ccccc2N2C(=O)CCC12C)C1CCS(=O)(=O)C1. The highest BCUT2D eigenvalue weighted by molar-refractivity contribution is 7.91. The molecule has 0 spiro atoms. The van der Waals surface area contributed by atoms with Crippen LogP contribution in [0.1, 0.15) is 49.9 Å². The highest BCUT2D eigenvalue weighted by Crippen LogP contribution is 2.43. The lowest BCUT2D eigenvalue weighted by molar-refractivity contribution is -0.135. The highest BCUT2D eigenvalue weighted by Gasteiger charge is 2.53. The molecule has 2 atom stereocenters. The molecule has 2 fully saturated rings. The van der Waals surface area contributed by atoms with Gasteiger partial charge in [0.15, 0.2) is 9.84 Å². The molecule has 162 valence electrons. The van der Waals surface area contributed by atoms with Crippen molar-refractivity contribution in [1.29, 1.82) is 0 Å². The van der Waals surface area contributed by atoms with Gasteiger partial charge in [-0.2, -0.15) is 0 Å². The van der Waals surface area contributed by atoms with Gasteiger partial charge in [0.2, 0.25) is 11.8 Å². The van der Waals surface area contributed by atoms with Gasteiger partial charge in [0.05, 0.1) is 22.8 Å². The number of anilines is 1. The summed E-state index contributed by atoms with van der Waals surface area (Å²) in [7, 11) is -3.14. The number of para-hydroxylation sites is 1. The summed E-state index contributed by atoms with van der Waals surface area (Å²) >= 11 is 0. The van der Waals surface area contributed by atoms with Crippen molar-refractivity contribution in [2.24, 2.45) is 0 Å². The first-order valence-electron chi connectivity index (χ1n) is 10.4. The first kappa shape index (κ1) is 20.8. The van der Waals surface area contributed by atoms with Crippen LogP contribution in [0.4, 0.5) is 5.69 Å². The van der Waals surface area contributed by atoms with Gasteiger partial charge in [-0.25, -0.2) is 8.42 Å². The van der Waals surface area contributed by atoms with Gasteiger partial charge in [0, 0.05) is 19.0 Å². The van der Waals surface area contributed by atoms with Crippen LogP contribution in [0.25, 0.3) is 0 Å². The standard InChI is InChI=1S/C21H27N3O5S/c1-3-11-22(15-9-12-30(28,29)14-15)19(26)13-23-20(27)16-6-4-5-7-17(16)24-18(25)8-10-21(23,24)2/h4-7,15H,3,8-14H2,1-2H3. The molecule has 0 aliphatic carbocycles. The summed E-state index contributed by atoms with van der Waals surface area (Å²) in [5.74, 6) is -0.559. The van der Waals surface area contributed by atoms with Crippen LogP contribution >= 0.6 is 0 Å². The van der Waals surface area contributed by atoms with Crippen molar-refractivity contribution in [1.82, 2.24) is 9.80 Å². The average Bonchev–Trinajstić information content (AvgIpc) is 3.22. The molecule has 8 nitrogen and oxygen atoms in total. The first-order valence-corrected chi connectivity index (χ1v) is 12.2. The molecule has 3 amide bonds. The normalized spacial score (nSPS) is 27.2. The van der Waals surface area contributed by atoms with Crippen LogP contribution < -0.4 is 4.90 Å². The number of nitrogens with zero attached hydrogens (tertiary/aromatic N) is 3. The molecule has 0 aromatic heterocycles. The van der Waals surface area contributed by atoms with E-state index < -0.39 is 15.5 Å². The van der Waals surface area contributed by atoms with Crippen LogP contribution in [0.5, 0.6) is 0 Å². The van der Waals surface area contributed by atoms with Crippen molar-refractivity contribution < 1.29 is 22.8 Å². The third-order valence-corrected chi connectivity index (χ3v) is 8.22. The van der Waals surface area contributed by atoms with Crippen LogP contribution in [-0.4, -0.2) is 72.2 Å². The fraction of sp³-hybridized carbons (Fsp3) is 0.571. The van der Waals surface area contributed by atoms with E-state index in [1.807, 2.05) is 13.8 Å². The molecule has 30 heavy (non-hydrogen) atoms. The third kappa shape index (κ3) is 3.29. The molecule has 3 aliphatic rings. The van der Waals surface area contributed by atoms with Gasteiger partial charge in [0.1, 0.15) is 12.2 Å². The van der Waals surface area contributed by atoms with Crippen LogP contribution in [-0.2, 0) is 19.4 Å². The van der Waals surface area contributed by atoms with Crippen LogP contribution in [0.15, 0.2) is 24.3 Å². The third-order valence-electron chi connectivity index (χ3n) is 6.47. The summed E-state index contributed by atoms with van der Waals surface area (Å²) < 4.78 is 23.9. The minimum absolute atomic E-state index is 0.0304.